The SMILES string of the molecule is COc1ccc(C(=O)NCc2sccc2Br)cc1. The van der Waals surface area contributed by atoms with Crippen LogP contribution in [0.25, 0.3) is 0 Å². The van der Waals surface area contributed by atoms with E-state index in [2.05, 4.69) is 21.2 Å². The van der Waals surface area contributed by atoms with E-state index in [0.29, 0.717) is 12.1 Å². The van der Waals surface area contributed by atoms with Crippen molar-refractivity contribution in [1.29, 1.82) is 0 Å². The van der Waals surface area contributed by atoms with Crippen LogP contribution in [-0.2, 0) is 6.54 Å². The number of nitrogens with one attached hydrogen (secondary N) is 1. The van der Waals surface area contributed by atoms with Crippen molar-refractivity contribution >= 4 is 33.2 Å². The molecule has 0 bridgehead atoms. The van der Waals surface area contributed by atoms with Crippen LogP contribution in [0.2, 0.25) is 0 Å². The molecule has 2 aromatic rings. The summed E-state index contributed by atoms with van der Waals surface area (Å²) < 4.78 is 6.08. The Hall–Kier alpha value is -1.33. The third kappa shape index (κ3) is 3.11. The van der Waals surface area contributed by atoms with Gasteiger partial charge in [0.2, 0.25) is 0 Å². The van der Waals surface area contributed by atoms with Crippen LogP contribution in [0.3, 0.4) is 0 Å². The average Bonchev–Trinajstić information content (AvgIpc) is 2.81. The predicted molar refractivity (Wildman–Crippen MR) is 76.2 cm³/mol. The van der Waals surface area contributed by atoms with Gasteiger partial charge in [-0.05, 0) is 51.6 Å². The van der Waals surface area contributed by atoms with Crippen molar-refractivity contribution < 1.29 is 9.53 Å². The normalized spacial score (nSPS) is 10.1. The molecule has 3 nitrogen and oxygen atoms in total. The van der Waals surface area contributed by atoms with Gasteiger partial charge in [-0.15, -0.1) is 11.3 Å². The molecule has 0 aliphatic carbocycles. The fourth-order valence-electron chi connectivity index (χ4n) is 1.46. The van der Waals surface area contributed by atoms with Crippen LogP contribution in [0.15, 0.2) is 40.2 Å². The number of ether oxygens (including phenoxy) is 1. The van der Waals surface area contributed by atoms with Gasteiger partial charge in [-0.1, -0.05) is 0 Å². The molecule has 5 heteroatoms. The summed E-state index contributed by atoms with van der Waals surface area (Å²) in [6.45, 7) is 0.531. The van der Waals surface area contributed by atoms with Gasteiger partial charge in [-0.2, -0.15) is 0 Å². The first kappa shape index (κ1) is 13.1. The fourth-order valence-corrected chi connectivity index (χ4v) is 2.89. The summed E-state index contributed by atoms with van der Waals surface area (Å²) in [5.74, 6) is 0.658. The molecule has 94 valence electrons. The Kier molecular flexibility index (Phi) is 4.38. The van der Waals surface area contributed by atoms with E-state index in [1.165, 1.54) is 0 Å². The van der Waals surface area contributed by atoms with Crippen molar-refractivity contribution in [3.8, 4) is 5.75 Å². The number of thiophene rings is 1. The van der Waals surface area contributed by atoms with Crippen molar-refractivity contribution in [2.45, 2.75) is 6.54 Å². The minimum Gasteiger partial charge on any atom is -0.497 e. The number of benzene rings is 1. The van der Waals surface area contributed by atoms with Crippen LogP contribution in [0.5, 0.6) is 5.75 Å². The van der Waals surface area contributed by atoms with Crippen molar-refractivity contribution in [1.82, 2.24) is 5.32 Å². The quantitative estimate of drug-likeness (QED) is 0.935. The van der Waals surface area contributed by atoms with Gasteiger partial charge in [0.1, 0.15) is 5.75 Å². The van der Waals surface area contributed by atoms with E-state index in [4.69, 9.17) is 4.74 Å². The van der Waals surface area contributed by atoms with Gasteiger partial charge >= 0.3 is 0 Å². The first-order chi connectivity index (χ1) is 8.70. The summed E-state index contributed by atoms with van der Waals surface area (Å²) in [5.41, 5.74) is 0.628. The summed E-state index contributed by atoms with van der Waals surface area (Å²) in [6.07, 6.45) is 0. The van der Waals surface area contributed by atoms with Crippen molar-refractivity contribution in [2.75, 3.05) is 7.11 Å². The number of methoxy groups -OCH3 is 1. The molecular formula is C13H12BrNO2S. The first-order valence-corrected chi connectivity index (χ1v) is 7.02. The minimum absolute atomic E-state index is 0.0852. The Balaban J connectivity index is 1.97. The molecule has 0 fully saturated rings. The summed E-state index contributed by atoms with van der Waals surface area (Å²) in [7, 11) is 1.60. The number of carbonyl (C=O) groups excluding carboxylic acids is 1. The second-order valence-corrected chi connectivity index (χ2v) is 5.46. The van der Waals surface area contributed by atoms with Crippen LogP contribution in [0, 0.1) is 0 Å². The van der Waals surface area contributed by atoms with Gasteiger partial charge in [-0.25, -0.2) is 0 Å². The number of hydrogen-bond acceptors (Lipinski definition) is 3. The zero-order chi connectivity index (χ0) is 13.0. The second kappa shape index (κ2) is 6.02. The lowest BCUT2D eigenvalue weighted by Crippen LogP contribution is -2.22. The standard InChI is InChI=1S/C13H12BrNO2S/c1-17-10-4-2-9(3-5-10)13(16)15-8-12-11(14)6-7-18-12/h2-7H,8H2,1H3,(H,15,16). The Bertz CT molecular complexity index is 536. The molecule has 0 aliphatic heterocycles. The molecule has 1 aromatic carbocycles. The number of rotatable bonds is 4. The van der Waals surface area contributed by atoms with Crippen LogP contribution in [-0.4, -0.2) is 13.0 Å². The summed E-state index contributed by atoms with van der Waals surface area (Å²) in [6, 6.07) is 9.01. The Morgan fingerprint density at radius 2 is 2.06 bits per heavy atom. The zero-order valence-corrected chi connectivity index (χ0v) is 12.2. The number of hydrogen-bond donors (Lipinski definition) is 1. The molecule has 0 aliphatic rings. The zero-order valence-electron chi connectivity index (χ0n) is 9.77. The van der Waals surface area contributed by atoms with Crippen molar-refractivity contribution in [2.24, 2.45) is 0 Å². The van der Waals surface area contributed by atoms with Crippen LogP contribution >= 0.6 is 27.3 Å². The molecule has 18 heavy (non-hydrogen) atoms. The molecule has 0 radical (unpaired) electrons. The number of halogens is 1. The predicted octanol–water partition coefficient (Wildman–Crippen LogP) is 3.45. The van der Waals surface area contributed by atoms with E-state index in [-0.39, 0.29) is 5.91 Å². The van der Waals surface area contributed by atoms with Crippen LogP contribution in [0.4, 0.5) is 0 Å². The van der Waals surface area contributed by atoms with Crippen LogP contribution < -0.4 is 10.1 Å². The maximum absolute atomic E-state index is 11.9. The summed E-state index contributed by atoms with van der Waals surface area (Å²) in [5, 5.41) is 4.87. The molecule has 0 unspecified atom stereocenters. The Morgan fingerprint density at radius 1 is 1.33 bits per heavy atom. The molecule has 0 saturated heterocycles. The molecule has 1 heterocycles. The van der Waals surface area contributed by atoms with E-state index in [1.807, 2.05) is 11.4 Å². The third-order valence-corrected chi connectivity index (χ3v) is 4.38. The van der Waals surface area contributed by atoms with E-state index in [1.54, 1.807) is 42.7 Å². The topological polar surface area (TPSA) is 38.3 Å². The molecule has 0 spiro atoms. The molecule has 1 N–H and O–H groups in total. The number of amides is 1. The lowest BCUT2D eigenvalue weighted by atomic mass is 10.2. The van der Waals surface area contributed by atoms with Gasteiger partial charge in [0.05, 0.1) is 13.7 Å². The van der Waals surface area contributed by atoms with Gasteiger partial charge in [0.15, 0.2) is 0 Å². The fraction of sp³-hybridized carbons (Fsp3) is 0.154. The lowest BCUT2D eigenvalue weighted by Gasteiger charge is -2.05. The monoisotopic (exact) mass is 325 g/mol. The smallest absolute Gasteiger partial charge is 0.251 e. The Labute approximate surface area is 118 Å². The highest BCUT2D eigenvalue weighted by Crippen LogP contribution is 2.22. The third-order valence-electron chi connectivity index (χ3n) is 2.45. The lowest BCUT2D eigenvalue weighted by molar-refractivity contribution is 0.0951. The van der Waals surface area contributed by atoms with Crippen molar-refractivity contribution in [3.63, 3.8) is 0 Å². The second-order valence-electron chi connectivity index (χ2n) is 3.60. The highest BCUT2D eigenvalue weighted by molar-refractivity contribution is 9.10. The van der Waals surface area contributed by atoms with Crippen molar-refractivity contribution in [3.05, 3.63) is 50.6 Å². The van der Waals surface area contributed by atoms with E-state index >= 15 is 0 Å². The maximum atomic E-state index is 11.9. The molecule has 1 aromatic heterocycles. The summed E-state index contributed by atoms with van der Waals surface area (Å²) >= 11 is 5.05. The molecule has 0 saturated carbocycles. The van der Waals surface area contributed by atoms with E-state index in [9.17, 15) is 4.79 Å². The number of carbonyl (C=O) groups is 1. The highest BCUT2D eigenvalue weighted by Gasteiger charge is 2.07. The Morgan fingerprint density at radius 3 is 2.61 bits per heavy atom. The molecule has 2 rings (SSSR count). The molecule has 0 atom stereocenters. The molecule has 1 amide bonds. The largest absolute Gasteiger partial charge is 0.497 e. The summed E-state index contributed by atoms with van der Waals surface area (Å²) in [4.78, 5) is 13.0. The van der Waals surface area contributed by atoms with E-state index < -0.39 is 0 Å². The van der Waals surface area contributed by atoms with Gasteiger partial charge in [0, 0.05) is 14.9 Å². The van der Waals surface area contributed by atoms with Gasteiger partial charge in [-0.3, -0.25) is 4.79 Å². The highest BCUT2D eigenvalue weighted by atomic mass is 79.9. The first-order valence-electron chi connectivity index (χ1n) is 5.35. The van der Waals surface area contributed by atoms with Crippen LogP contribution in [0.1, 0.15) is 15.2 Å². The van der Waals surface area contributed by atoms with E-state index in [0.717, 1.165) is 15.1 Å². The maximum Gasteiger partial charge on any atom is 0.251 e. The molecular weight excluding hydrogens is 314 g/mol. The van der Waals surface area contributed by atoms with Gasteiger partial charge < -0.3 is 10.1 Å². The average molecular weight is 326 g/mol. The minimum atomic E-state index is -0.0852. The van der Waals surface area contributed by atoms with Gasteiger partial charge in [0.25, 0.3) is 5.91 Å².